The van der Waals surface area contributed by atoms with E-state index in [4.69, 9.17) is 14.2 Å². The molecule has 3 aromatic carbocycles. The number of hydrogen-bond donors (Lipinski definition) is 1. The van der Waals surface area contributed by atoms with Crippen LogP contribution in [0.15, 0.2) is 72.9 Å². The molecule has 0 saturated carbocycles. The highest BCUT2D eigenvalue weighted by Gasteiger charge is 2.28. The van der Waals surface area contributed by atoms with Crippen molar-refractivity contribution in [1.29, 1.82) is 0 Å². The van der Waals surface area contributed by atoms with Crippen LogP contribution in [-0.2, 0) is 28.9 Å². The maximum Gasteiger partial charge on any atom is 0.330 e. The van der Waals surface area contributed by atoms with Crippen LogP contribution in [0.1, 0.15) is 54.1 Å². The second kappa shape index (κ2) is 15.1. The van der Waals surface area contributed by atoms with E-state index in [1.165, 1.54) is 40.8 Å². The molecule has 5 rings (SSSR count). The number of carbonyl (C=O) groups is 1. The van der Waals surface area contributed by atoms with E-state index in [9.17, 15) is 4.79 Å². The first kappa shape index (κ1) is 31.4. The predicted molar refractivity (Wildman–Crippen MR) is 177 cm³/mol. The standard InChI is InChI=1S/C37H45N3O4/c1-5-39(6-2)21-22-44-31-12-7-28(8-13-31)26-40(20-19-30-25-38-35-24-32(42-3)14-16-33(30)35)36-17-11-29-23-27(9-15-34(29)36)10-18-37(41)43-4/h7-10,12-16,18,23-25,36,38H,5-6,11,17,19-22,26H2,1-4H3/b18-10+. The van der Waals surface area contributed by atoms with Gasteiger partial charge in [0.05, 0.1) is 14.2 Å². The first-order valence-electron chi connectivity index (χ1n) is 15.7. The summed E-state index contributed by atoms with van der Waals surface area (Å²) in [5.41, 5.74) is 7.43. The molecule has 7 heteroatoms. The summed E-state index contributed by atoms with van der Waals surface area (Å²) < 4.78 is 16.2. The van der Waals surface area contributed by atoms with Crippen LogP contribution in [0.2, 0.25) is 0 Å². The van der Waals surface area contributed by atoms with Crippen molar-refractivity contribution in [3.63, 3.8) is 0 Å². The summed E-state index contributed by atoms with van der Waals surface area (Å²) in [6, 6.07) is 21.7. The Morgan fingerprint density at radius 1 is 0.977 bits per heavy atom. The van der Waals surface area contributed by atoms with Gasteiger partial charge in [-0.25, -0.2) is 4.79 Å². The van der Waals surface area contributed by atoms with Gasteiger partial charge in [-0.2, -0.15) is 0 Å². The van der Waals surface area contributed by atoms with Crippen molar-refractivity contribution >= 4 is 22.9 Å². The Labute approximate surface area is 261 Å². The third-order valence-electron chi connectivity index (χ3n) is 8.79. The highest BCUT2D eigenvalue weighted by molar-refractivity contribution is 5.87. The van der Waals surface area contributed by atoms with Gasteiger partial charge in [0.25, 0.3) is 0 Å². The Bertz CT molecular complexity index is 1560. The van der Waals surface area contributed by atoms with E-state index in [1.54, 1.807) is 7.11 Å². The zero-order valence-electron chi connectivity index (χ0n) is 26.5. The number of hydrogen-bond acceptors (Lipinski definition) is 6. The van der Waals surface area contributed by atoms with Gasteiger partial charge in [-0.15, -0.1) is 0 Å². The van der Waals surface area contributed by atoms with Crippen LogP contribution in [0.5, 0.6) is 11.5 Å². The number of H-pyrrole nitrogens is 1. The normalized spacial score (nSPS) is 14.5. The number of carbonyl (C=O) groups excluding carboxylic acids is 1. The van der Waals surface area contributed by atoms with Gasteiger partial charge in [-0.05, 0) is 90.5 Å². The zero-order chi connectivity index (χ0) is 30.9. The SMILES string of the molecule is CCN(CC)CCOc1ccc(CN(CCc2c[nH]c3cc(OC)ccc23)C2CCc3cc(/C=C/C(=O)OC)ccc32)cc1. The van der Waals surface area contributed by atoms with E-state index < -0.39 is 0 Å². The van der Waals surface area contributed by atoms with Gasteiger partial charge in [0.1, 0.15) is 18.1 Å². The molecule has 4 aromatic rings. The molecule has 0 spiro atoms. The van der Waals surface area contributed by atoms with Crippen molar-refractivity contribution in [2.24, 2.45) is 0 Å². The van der Waals surface area contributed by atoms with Gasteiger partial charge in [-0.3, -0.25) is 4.90 Å². The Morgan fingerprint density at radius 2 is 1.77 bits per heavy atom. The summed E-state index contributed by atoms with van der Waals surface area (Å²) in [6.07, 6.45) is 8.46. The van der Waals surface area contributed by atoms with Gasteiger partial charge in [0.15, 0.2) is 0 Å². The van der Waals surface area contributed by atoms with Crippen LogP contribution in [0, 0.1) is 0 Å². The van der Waals surface area contributed by atoms with Gasteiger partial charge < -0.3 is 24.1 Å². The summed E-state index contributed by atoms with van der Waals surface area (Å²) in [4.78, 5) is 20.0. The minimum absolute atomic E-state index is 0.318. The number of nitrogens with zero attached hydrogens (tertiary/aromatic N) is 2. The molecule has 0 aliphatic heterocycles. The lowest BCUT2D eigenvalue weighted by Crippen LogP contribution is -2.29. The second-order valence-electron chi connectivity index (χ2n) is 11.3. The first-order chi connectivity index (χ1) is 21.5. The minimum atomic E-state index is -0.342. The molecule has 1 aliphatic rings. The summed E-state index contributed by atoms with van der Waals surface area (Å²) in [7, 11) is 3.10. The number of esters is 1. The van der Waals surface area contributed by atoms with Crippen LogP contribution in [-0.4, -0.2) is 67.8 Å². The fourth-order valence-corrected chi connectivity index (χ4v) is 6.20. The smallest absolute Gasteiger partial charge is 0.330 e. The molecular formula is C37H45N3O4. The van der Waals surface area contributed by atoms with E-state index in [2.05, 4.69) is 89.4 Å². The largest absolute Gasteiger partial charge is 0.497 e. The predicted octanol–water partition coefficient (Wildman–Crippen LogP) is 6.82. The Kier molecular flexibility index (Phi) is 10.8. The highest BCUT2D eigenvalue weighted by Crippen LogP contribution is 2.38. The molecule has 1 N–H and O–H groups in total. The molecule has 44 heavy (non-hydrogen) atoms. The van der Waals surface area contributed by atoms with Gasteiger partial charge in [0.2, 0.25) is 0 Å². The summed E-state index contributed by atoms with van der Waals surface area (Å²) in [6.45, 7) is 9.85. The molecule has 0 radical (unpaired) electrons. The molecule has 0 saturated heterocycles. The Morgan fingerprint density at radius 3 is 2.52 bits per heavy atom. The molecule has 0 fully saturated rings. The van der Waals surface area contributed by atoms with Crippen LogP contribution in [0.25, 0.3) is 17.0 Å². The number of ether oxygens (including phenoxy) is 3. The van der Waals surface area contributed by atoms with Crippen LogP contribution in [0.3, 0.4) is 0 Å². The van der Waals surface area contributed by atoms with Gasteiger partial charge in [0, 0.05) is 54.9 Å². The molecule has 1 aromatic heterocycles. The van der Waals surface area contributed by atoms with E-state index >= 15 is 0 Å². The number of aromatic amines is 1. The lowest BCUT2D eigenvalue weighted by molar-refractivity contribution is -0.134. The molecule has 232 valence electrons. The molecular weight excluding hydrogens is 550 g/mol. The molecule has 0 bridgehead atoms. The lowest BCUT2D eigenvalue weighted by Gasteiger charge is -2.30. The number of rotatable bonds is 15. The number of aromatic nitrogens is 1. The maximum absolute atomic E-state index is 11.6. The van der Waals surface area contributed by atoms with Crippen LogP contribution >= 0.6 is 0 Å². The summed E-state index contributed by atoms with van der Waals surface area (Å²) in [5, 5.41) is 1.24. The highest BCUT2D eigenvalue weighted by atomic mass is 16.5. The maximum atomic E-state index is 11.6. The lowest BCUT2D eigenvalue weighted by atomic mass is 10.0. The second-order valence-corrected chi connectivity index (χ2v) is 11.3. The molecule has 1 aliphatic carbocycles. The van der Waals surface area contributed by atoms with Crippen LogP contribution in [0.4, 0.5) is 0 Å². The van der Waals surface area contributed by atoms with Crippen molar-refractivity contribution in [2.75, 3.05) is 47.0 Å². The molecule has 0 amide bonds. The summed E-state index contributed by atoms with van der Waals surface area (Å²) in [5.74, 6) is 1.43. The zero-order valence-corrected chi connectivity index (χ0v) is 26.5. The number of methoxy groups -OCH3 is 2. The van der Waals surface area contributed by atoms with E-state index in [-0.39, 0.29) is 5.97 Å². The van der Waals surface area contributed by atoms with Gasteiger partial charge >= 0.3 is 5.97 Å². The topological polar surface area (TPSA) is 67.0 Å². The number of benzene rings is 3. The Balaban J connectivity index is 1.33. The van der Waals surface area contributed by atoms with Crippen molar-refractivity contribution in [2.45, 2.75) is 45.7 Å². The average Bonchev–Trinajstić information content (AvgIpc) is 3.68. The van der Waals surface area contributed by atoms with E-state index in [1.807, 2.05) is 12.1 Å². The van der Waals surface area contributed by atoms with E-state index in [0.717, 1.165) is 74.6 Å². The van der Waals surface area contributed by atoms with Crippen molar-refractivity contribution in [3.05, 3.63) is 101 Å². The molecule has 1 atom stereocenters. The molecule has 1 heterocycles. The first-order valence-corrected chi connectivity index (χ1v) is 15.7. The fourth-order valence-electron chi connectivity index (χ4n) is 6.20. The van der Waals surface area contributed by atoms with Crippen LogP contribution < -0.4 is 9.47 Å². The minimum Gasteiger partial charge on any atom is -0.497 e. The molecule has 1 unspecified atom stereocenters. The third-order valence-corrected chi connectivity index (χ3v) is 8.79. The monoisotopic (exact) mass is 595 g/mol. The molecule has 7 nitrogen and oxygen atoms in total. The van der Waals surface area contributed by atoms with Crippen molar-refractivity contribution in [1.82, 2.24) is 14.8 Å². The number of likely N-dealkylation sites (N-methyl/N-ethyl adjacent to an activating group) is 1. The van der Waals surface area contributed by atoms with Crippen molar-refractivity contribution in [3.8, 4) is 11.5 Å². The quantitative estimate of drug-likeness (QED) is 0.120. The Hall–Kier alpha value is -4.07. The third kappa shape index (κ3) is 7.71. The number of aryl methyl sites for hydroxylation is 1. The number of fused-ring (bicyclic) bond motifs is 2. The van der Waals surface area contributed by atoms with E-state index in [0.29, 0.717) is 12.6 Å². The van der Waals surface area contributed by atoms with Crippen molar-refractivity contribution < 1.29 is 19.0 Å². The number of nitrogens with one attached hydrogen (secondary N) is 1. The fraction of sp³-hybridized carbons (Fsp3) is 0.378. The van der Waals surface area contributed by atoms with Gasteiger partial charge in [-0.1, -0.05) is 44.2 Å². The average molecular weight is 596 g/mol. The summed E-state index contributed by atoms with van der Waals surface area (Å²) >= 11 is 0.